The number of methoxy groups -OCH3 is 1. The Hall–Kier alpha value is -3.60. The lowest BCUT2D eigenvalue weighted by molar-refractivity contribution is -0.201. The van der Waals surface area contributed by atoms with Gasteiger partial charge >= 0.3 is 6.18 Å². The Kier molecular flexibility index (Phi) is 8.72. The summed E-state index contributed by atoms with van der Waals surface area (Å²) < 4.78 is 51.1. The molecule has 0 bridgehead atoms. The van der Waals surface area contributed by atoms with Crippen molar-refractivity contribution in [3.8, 4) is 5.75 Å². The summed E-state index contributed by atoms with van der Waals surface area (Å²) in [7, 11) is 1.55. The van der Waals surface area contributed by atoms with E-state index in [0.717, 1.165) is 0 Å². The number of para-hydroxylation sites is 1. The molecule has 2 aromatic rings. The first-order valence-corrected chi connectivity index (χ1v) is 13.4. The summed E-state index contributed by atoms with van der Waals surface area (Å²) in [4.78, 5) is 32.9. The molecule has 216 valence electrons. The number of aliphatic imine (C=N–C) groups is 1. The molecule has 4 rings (SSSR count). The normalized spacial score (nSPS) is 21.2. The predicted octanol–water partition coefficient (Wildman–Crippen LogP) is 5.05. The van der Waals surface area contributed by atoms with Crippen molar-refractivity contribution < 1.29 is 32.2 Å². The van der Waals surface area contributed by atoms with Gasteiger partial charge in [0.1, 0.15) is 5.75 Å². The molecule has 11 heteroatoms. The van der Waals surface area contributed by atoms with Gasteiger partial charge < -0.3 is 20.5 Å². The second kappa shape index (κ2) is 11.9. The number of hydrogen-bond acceptors (Lipinski definition) is 6. The van der Waals surface area contributed by atoms with Crippen LogP contribution in [-0.4, -0.2) is 54.2 Å². The Balaban J connectivity index is 1.62. The van der Waals surface area contributed by atoms with Gasteiger partial charge in [0.15, 0.2) is 12.1 Å². The fourth-order valence-electron chi connectivity index (χ4n) is 5.38. The second-order valence-corrected chi connectivity index (χ2v) is 10.2. The number of amides is 2. The summed E-state index contributed by atoms with van der Waals surface area (Å²) in [6.07, 6.45) is -5.11. The highest BCUT2D eigenvalue weighted by Gasteiger charge is 2.46. The molecule has 3 N–H and O–H groups in total. The second-order valence-electron chi connectivity index (χ2n) is 10.2. The number of nitrogens with two attached hydrogens (primary N) is 1. The third-order valence-electron chi connectivity index (χ3n) is 7.79. The fraction of sp³-hybridized carbons (Fsp3) is 0.483. The summed E-state index contributed by atoms with van der Waals surface area (Å²) in [5, 5.41) is 2.75. The van der Waals surface area contributed by atoms with Crippen molar-refractivity contribution in [2.45, 2.75) is 75.9 Å². The van der Waals surface area contributed by atoms with Gasteiger partial charge in [-0.15, -0.1) is 0 Å². The van der Waals surface area contributed by atoms with E-state index in [1.54, 1.807) is 49.6 Å². The molecule has 3 atom stereocenters. The summed E-state index contributed by atoms with van der Waals surface area (Å²) in [5.74, 6) is -0.502. The van der Waals surface area contributed by atoms with Crippen LogP contribution in [0.25, 0.3) is 0 Å². The van der Waals surface area contributed by atoms with E-state index < -0.39 is 42.2 Å². The molecule has 2 amide bonds. The van der Waals surface area contributed by atoms with Crippen molar-refractivity contribution in [3.05, 3.63) is 65.2 Å². The highest BCUT2D eigenvalue weighted by Crippen LogP contribution is 2.40. The lowest BCUT2D eigenvalue weighted by Gasteiger charge is -2.40. The summed E-state index contributed by atoms with van der Waals surface area (Å²) in [5.41, 5.74) is 7.16. The maximum atomic E-state index is 13.5. The molecule has 0 spiro atoms. The topological polar surface area (TPSA) is 106 Å². The van der Waals surface area contributed by atoms with E-state index in [9.17, 15) is 22.8 Å². The van der Waals surface area contributed by atoms with Crippen molar-refractivity contribution in [1.82, 2.24) is 10.2 Å². The first kappa shape index (κ1) is 29.4. The van der Waals surface area contributed by atoms with Gasteiger partial charge in [-0.25, -0.2) is 4.99 Å². The number of carbonyl (C=O) groups excluding carboxylic acids is 2. The van der Waals surface area contributed by atoms with Gasteiger partial charge in [0.25, 0.3) is 5.91 Å². The number of alkyl halides is 3. The molecular weight excluding hydrogens is 525 g/mol. The minimum absolute atomic E-state index is 0.0864. The number of nitrogens with zero attached hydrogens (tertiary/aromatic N) is 2. The molecule has 0 aromatic heterocycles. The molecule has 2 aromatic carbocycles. The molecule has 0 fully saturated rings. The van der Waals surface area contributed by atoms with E-state index in [-0.39, 0.29) is 29.6 Å². The van der Waals surface area contributed by atoms with E-state index in [1.165, 1.54) is 11.0 Å². The van der Waals surface area contributed by atoms with Gasteiger partial charge in [-0.3, -0.25) is 14.5 Å². The molecule has 0 unspecified atom stereocenters. The standard InChI is InChI=1S/C29H35F3N4O4/c1-4-28(5-2)17-25(37)36(27(33)35-28)22(13-14-39-3)18-9-8-10-19(15-18)26(38)34-21-16-24(29(30,31)32)40-23-12-7-6-11-20(21)23/h6-12,15,21-22,24H,4-5,13-14,16-17H2,1-3H3,(H2,33,35)(H,34,38)/t21-,22-,24+/m0/s1. The fourth-order valence-corrected chi connectivity index (χ4v) is 5.38. The van der Waals surface area contributed by atoms with Gasteiger partial charge in [-0.2, -0.15) is 13.2 Å². The number of fused-ring (bicyclic) bond motifs is 1. The zero-order valence-electron chi connectivity index (χ0n) is 22.8. The Morgan fingerprint density at radius 1 is 1.23 bits per heavy atom. The molecule has 0 radical (unpaired) electrons. The number of hydrogen-bond donors (Lipinski definition) is 2. The smallest absolute Gasteiger partial charge is 0.425 e. The van der Waals surface area contributed by atoms with Gasteiger partial charge in [-0.05, 0) is 43.0 Å². The van der Waals surface area contributed by atoms with Gasteiger partial charge in [0.05, 0.1) is 24.0 Å². The van der Waals surface area contributed by atoms with Crippen molar-refractivity contribution in [1.29, 1.82) is 0 Å². The Morgan fingerprint density at radius 3 is 2.60 bits per heavy atom. The Morgan fingerprint density at radius 2 is 1.95 bits per heavy atom. The maximum absolute atomic E-state index is 13.5. The lowest BCUT2D eigenvalue weighted by atomic mass is 9.87. The highest BCUT2D eigenvalue weighted by molar-refractivity contribution is 6.00. The highest BCUT2D eigenvalue weighted by atomic mass is 19.4. The lowest BCUT2D eigenvalue weighted by Crippen LogP contribution is -2.52. The monoisotopic (exact) mass is 560 g/mol. The number of halogens is 3. The Bertz CT molecular complexity index is 1260. The quantitative estimate of drug-likeness (QED) is 0.446. The summed E-state index contributed by atoms with van der Waals surface area (Å²) in [6.45, 7) is 4.27. The first-order valence-electron chi connectivity index (χ1n) is 13.4. The van der Waals surface area contributed by atoms with Crippen LogP contribution in [0.15, 0.2) is 53.5 Å². The third kappa shape index (κ3) is 6.09. The molecule has 8 nitrogen and oxygen atoms in total. The van der Waals surface area contributed by atoms with Crippen LogP contribution >= 0.6 is 0 Å². The Labute approximate surface area is 231 Å². The number of rotatable bonds is 9. The summed E-state index contributed by atoms with van der Waals surface area (Å²) in [6, 6.07) is 11.6. The molecule has 40 heavy (non-hydrogen) atoms. The number of nitrogens with one attached hydrogen (secondary N) is 1. The van der Waals surface area contributed by atoms with Crippen LogP contribution in [0.3, 0.4) is 0 Å². The number of guanidine groups is 1. The number of benzene rings is 2. The van der Waals surface area contributed by atoms with Crippen LogP contribution in [0.1, 0.15) is 79.5 Å². The SMILES string of the molecule is CCC1(CC)CC(=O)N([C@@H](CCOC)c2cccc(C(=O)N[C@H]3C[C@H](C(F)(F)F)Oc4ccccc43)c2)C(N)=N1. The average Bonchev–Trinajstić information content (AvgIpc) is 2.93. The minimum Gasteiger partial charge on any atom is -0.480 e. The van der Waals surface area contributed by atoms with Crippen molar-refractivity contribution >= 4 is 17.8 Å². The van der Waals surface area contributed by atoms with Crippen LogP contribution in [0.4, 0.5) is 13.2 Å². The molecule has 0 saturated heterocycles. The van der Waals surface area contributed by atoms with E-state index in [0.29, 0.717) is 37.0 Å². The van der Waals surface area contributed by atoms with Gasteiger partial charge in [0.2, 0.25) is 5.91 Å². The van der Waals surface area contributed by atoms with Gasteiger partial charge in [0, 0.05) is 31.3 Å². The molecule has 0 aliphatic carbocycles. The maximum Gasteiger partial charge on any atom is 0.425 e. The number of ether oxygens (including phenoxy) is 2. The zero-order chi connectivity index (χ0) is 29.1. The molecule has 2 heterocycles. The van der Waals surface area contributed by atoms with Crippen molar-refractivity contribution in [2.24, 2.45) is 10.7 Å². The van der Waals surface area contributed by atoms with E-state index in [1.807, 2.05) is 13.8 Å². The zero-order valence-corrected chi connectivity index (χ0v) is 22.8. The molecule has 2 aliphatic heterocycles. The molecular formula is C29H35F3N4O4. The van der Waals surface area contributed by atoms with Crippen molar-refractivity contribution in [2.75, 3.05) is 13.7 Å². The van der Waals surface area contributed by atoms with Crippen LogP contribution in [0.2, 0.25) is 0 Å². The van der Waals surface area contributed by atoms with E-state index in [2.05, 4.69) is 5.32 Å². The third-order valence-corrected chi connectivity index (χ3v) is 7.79. The van der Waals surface area contributed by atoms with Gasteiger partial charge in [-0.1, -0.05) is 44.2 Å². The average molecular weight is 561 g/mol. The van der Waals surface area contributed by atoms with E-state index in [4.69, 9.17) is 20.2 Å². The first-order chi connectivity index (χ1) is 19.0. The minimum atomic E-state index is -4.58. The molecule has 0 saturated carbocycles. The van der Waals surface area contributed by atoms with Crippen LogP contribution in [0, 0.1) is 0 Å². The predicted molar refractivity (Wildman–Crippen MR) is 144 cm³/mol. The largest absolute Gasteiger partial charge is 0.480 e. The van der Waals surface area contributed by atoms with Crippen LogP contribution in [0.5, 0.6) is 5.75 Å². The molecule has 2 aliphatic rings. The van der Waals surface area contributed by atoms with Crippen LogP contribution in [-0.2, 0) is 9.53 Å². The number of carbonyl (C=O) groups is 2. The summed E-state index contributed by atoms with van der Waals surface area (Å²) >= 11 is 0. The van der Waals surface area contributed by atoms with Crippen LogP contribution < -0.4 is 15.8 Å². The van der Waals surface area contributed by atoms with Crippen molar-refractivity contribution in [3.63, 3.8) is 0 Å². The van der Waals surface area contributed by atoms with E-state index >= 15 is 0 Å².